The fourth-order valence-corrected chi connectivity index (χ4v) is 6.01. The summed E-state index contributed by atoms with van der Waals surface area (Å²) < 4.78 is 33.7. The molecule has 2 aromatic carbocycles. The lowest BCUT2D eigenvalue weighted by Gasteiger charge is -2.10. The van der Waals surface area contributed by atoms with Crippen LogP contribution < -0.4 is 15.6 Å². The smallest absolute Gasteiger partial charge is 0.333 e. The van der Waals surface area contributed by atoms with Crippen molar-refractivity contribution < 1.29 is 17.6 Å². The molecule has 0 aliphatic heterocycles. The van der Waals surface area contributed by atoms with E-state index in [2.05, 4.69) is 10.3 Å². The number of aromatic nitrogens is 2. The Hall–Kier alpha value is -3.67. The van der Waals surface area contributed by atoms with Gasteiger partial charge in [0.15, 0.2) is 12.0 Å². The van der Waals surface area contributed by atoms with Gasteiger partial charge in [0.25, 0.3) is 15.6 Å². The molecule has 34 heavy (non-hydrogen) atoms. The Morgan fingerprint density at radius 3 is 2.62 bits per heavy atom. The van der Waals surface area contributed by atoms with E-state index in [1.807, 2.05) is 4.72 Å². The lowest BCUT2D eigenvalue weighted by molar-refractivity contribution is 0.256. The maximum absolute atomic E-state index is 13.0. The van der Waals surface area contributed by atoms with Crippen molar-refractivity contribution in [1.82, 2.24) is 14.3 Å². The van der Waals surface area contributed by atoms with E-state index >= 15 is 0 Å². The summed E-state index contributed by atoms with van der Waals surface area (Å²) in [6, 6.07) is 12.1. The number of aryl methyl sites for hydroxylation is 1. The SMILES string of the molecule is Cc1cc(S(=O)(=O)NC(=O)Nc2ccc(-n3ccc4cc5ncoc5cc4c3=O)cc2)sc1Cl. The molecule has 12 heteroatoms. The number of carbonyl (C=O) groups excluding carboxylic acids is 1. The monoisotopic (exact) mass is 514 g/mol. The first-order valence-corrected chi connectivity index (χ1v) is 12.5. The van der Waals surface area contributed by atoms with E-state index in [1.54, 1.807) is 55.6 Å². The molecule has 5 rings (SSSR count). The van der Waals surface area contributed by atoms with Gasteiger partial charge in [0.05, 0.1) is 9.72 Å². The zero-order valence-corrected chi connectivity index (χ0v) is 19.8. The molecule has 2 N–H and O–H groups in total. The number of hydrogen-bond donors (Lipinski definition) is 2. The third kappa shape index (κ3) is 4.04. The molecule has 3 aromatic heterocycles. The molecule has 0 saturated heterocycles. The van der Waals surface area contributed by atoms with Crippen LogP contribution in [0.5, 0.6) is 0 Å². The quantitative estimate of drug-likeness (QED) is 0.359. The van der Waals surface area contributed by atoms with Gasteiger partial charge in [-0.2, -0.15) is 0 Å². The molecule has 0 radical (unpaired) electrons. The van der Waals surface area contributed by atoms with E-state index in [-0.39, 0.29) is 9.77 Å². The molecule has 0 saturated carbocycles. The summed E-state index contributed by atoms with van der Waals surface area (Å²) in [4.78, 5) is 29.4. The number of nitrogens with zero attached hydrogens (tertiary/aromatic N) is 2. The van der Waals surface area contributed by atoms with E-state index in [4.69, 9.17) is 16.0 Å². The third-order valence-corrected chi connectivity index (χ3v) is 8.44. The molecular weight excluding hydrogens is 500 g/mol. The number of urea groups is 1. The van der Waals surface area contributed by atoms with Gasteiger partial charge in [-0.3, -0.25) is 9.36 Å². The van der Waals surface area contributed by atoms with Crippen molar-refractivity contribution >= 4 is 66.6 Å². The predicted molar refractivity (Wildman–Crippen MR) is 131 cm³/mol. The van der Waals surface area contributed by atoms with Crippen molar-refractivity contribution in [2.24, 2.45) is 0 Å². The number of anilines is 1. The molecular formula is C22H15ClN4O5S2. The van der Waals surface area contributed by atoms with Gasteiger partial charge in [0.1, 0.15) is 9.73 Å². The van der Waals surface area contributed by atoms with E-state index in [0.29, 0.717) is 37.8 Å². The molecule has 0 unspecified atom stereocenters. The largest absolute Gasteiger partial charge is 0.443 e. The van der Waals surface area contributed by atoms with Gasteiger partial charge in [0.2, 0.25) is 0 Å². The molecule has 0 bridgehead atoms. The highest BCUT2D eigenvalue weighted by Gasteiger charge is 2.21. The number of oxazole rings is 1. The number of rotatable bonds is 4. The van der Waals surface area contributed by atoms with Gasteiger partial charge in [-0.15, -0.1) is 11.3 Å². The molecule has 9 nitrogen and oxygen atoms in total. The van der Waals surface area contributed by atoms with Crippen molar-refractivity contribution in [3.05, 3.63) is 81.4 Å². The Balaban J connectivity index is 1.36. The minimum absolute atomic E-state index is 0.0567. The topological polar surface area (TPSA) is 123 Å². The molecule has 172 valence electrons. The summed E-state index contributed by atoms with van der Waals surface area (Å²) in [5.41, 5.74) is 2.45. The molecule has 5 aromatic rings. The fourth-order valence-electron chi connectivity index (χ4n) is 3.40. The predicted octanol–water partition coefficient (Wildman–Crippen LogP) is 4.67. The summed E-state index contributed by atoms with van der Waals surface area (Å²) in [5.74, 6) is 0. The Kier molecular flexibility index (Phi) is 5.39. The van der Waals surface area contributed by atoms with Crippen LogP contribution in [-0.4, -0.2) is 24.0 Å². The van der Waals surface area contributed by atoms with E-state index in [9.17, 15) is 18.0 Å². The number of amides is 2. The van der Waals surface area contributed by atoms with E-state index < -0.39 is 16.1 Å². The standard InChI is InChI=1S/C22H15ClN4O5S2/c1-12-8-19(33-20(12)23)34(30,31)26-22(29)25-14-2-4-15(5-3-14)27-7-6-13-9-17-18(32-11-24-17)10-16(13)21(27)28/h2-11H,1H3,(H2,25,26,29). The zero-order valence-electron chi connectivity index (χ0n) is 17.4. The van der Waals surface area contributed by atoms with Crippen LogP contribution in [0.3, 0.4) is 0 Å². The second kappa shape index (κ2) is 8.28. The van der Waals surface area contributed by atoms with Crippen molar-refractivity contribution in [2.45, 2.75) is 11.1 Å². The van der Waals surface area contributed by atoms with Crippen LogP contribution in [0, 0.1) is 6.92 Å². The number of pyridine rings is 1. The molecule has 0 atom stereocenters. The summed E-state index contributed by atoms with van der Waals surface area (Å²) in [6.45, 7) is 1.68. The highest BCUT2D eigenvalue weighted by molar-refractivity contribution is 7.92. The number of sulfonamides is 1. The molecule has 0 fully saturated rings. The summed E-state index contributed by atoms with van der Waals surface area (Å²) in [5, 5.41) is 3.68. The molecule has 0 spiro atoms. The summed E-state index contributed by atoms with van der Waals surface area (Å²) >= 11 is 6.79. The van der Waals surface area contributed by atoms with Gasteiger partial charge in [0, 0.05) is 17.6 Å². The fraction of sp³-hybridized carbons (Fsp3) is 0.0455. The Morgan fingerprint density at radius 1 is 1.15 bits per heavy atom. The first-order valence-electron chi connectivity index (χ1n) is 9.80. The van der Waals surface area contributed by atoms with Gasteiger partial charge >= 0.3 is 6.03 Å². The first-order chi connectivity index (χ1) is 16.2. The number of benzene rings is 2. The van der Waals surface area contributed by atoms with Gasteiger partial charge in [-0.1, -0.05) is 11.6 Å². The first kappa shape index (κ1) is 22.1. The van der Waals surface area contributed by atoms with Crippen molar-refractivity contribution in [3.8, 4) is 5.69 Å². The minimum Gasteiger partial charge on any atom is -0.443 e. The van der Waals surface area contributed by atoms with Crippen molar-refractivity contribution in [2.75, 3.05) is 5.32 Å². The second-order valence-electron chi connectivity index (χ2n) is 7.38. The van der Waals surface area contributed by atoms with Crippen LogP contribution in [-0.2, 0) is 10.0 Å². The minimum atomic E-state index is -4.06. The Morgan fingerprint density at radius 2 is 1.91 bits per heavy atom. The van der Waals surface area contributed by atoms with Gasteiger partial charge in [-0.05, 0) is 66.4 Å². The normalized spacial score (nSPS) is 11.7. The van der Waals surface area contributed by atoms with E-state index in [0.717, 1.165) is 16.7 Å². The average molecular weight is 515 g/mol. The number of hydrogen-bond acceptors (Lipinski definition) is 7. The lowest BCUT2D eigenvalue weighted by atomic mass is 10.1. The maximum Gasteiger partial charge on any atom is 0.333 e. The molecule has 0 aliphatic rings. The average Bonchev–Trinajstić information content (AvgIpc) is 3.39. The van der Waals surface area contributed by atoms with Crippen LogP contribution in [0.15, 0.2) is 74.5 Å². The molecule has 0 aliphatic carbocycles. The van der Waals surface area contributed by atoms with Gasteiger partial charge < -0.3 is 9.73 Å². The van der Waals surface area contributed by atoms with Crippen LogP contribution >= 0.6 is 22.9 Å². The number of thiophene rings is 1. The van der Waals surface area contributed by atoms with Crippen LogP contribution in [0.4, 0.5) is 10.5 Å². The Bertz CT molecular complexity index is 1720. The molecule has 2 amide bonds. The zero-order chi connectivity index (χ0) is 24.0. The van der Waals surface area contributed by atoms with Crippen LogP contribution in [0.2, 0.25) is 4.34 Å². The number of fused-ring (bicyclic) bond motifs is 2. The van der Waals surface area contributed by atoms with Crippen LogP contribution in [0.25, 0.3) is 27.6 Å². The highest BCUT2D eigenvalue weighted by Crippen LogP contribution is 2.30. The lowest BCUT2D eigenvalue weighted by Crippen LogP contribution is -2.33. The molecule has 3 heterocycles. The second-order valence-corrected chi connectivity index (χ2v) is 10.9. The van der Waals surface area contributed by atoms with Crippen LogP contribution in [0.1, 0.15) is 5.56 Å². The summed E-state index contributed by atoms with van der Waals surface area (Å²) in [6.07, 6.45) is 2.97. The number of carbonyl (C=O) groups is 1. The number of nitrogens with one attached hydrogen (secondary N) is 2. The Labute approximate surface area is 201 Å². The van der Waals surface area contributed by atoms with Crippen molar-refractivity contribution in [1.29, 1.82) is 0 Å². The third-order valence-electron chi connectivity index (χ3n) is 5.08. The maximum atomic E-state index is 13.0. The number of halogens is 1. The highest BCUT2D eigenvalue weighted by atomic mass is 35.5. The van der Waals surface area contributed by atoms with Crippen molar-refractivity contribution in [3.63, 3.8) is 0 Å². The van der Waals surface area contributed by atoms with Gasteiger partial charge in [-0.25, -0.2) is 22.9 Å². The summed E-state index contributed by atoms with van der Waals surface area (Å²) in [7, 11) is -4.06. The van der Waals surface area contributed by atoms with E-state index in [1.165, 1.54) is 17.0 Å².